The van der Waals surface area contributed by atoms with E-state index in [-0.39, 0.29) is 11.9 Å². The minimum Gasteiger partial charge on any atom is -0.357 e. The number of aromatic nitrogens is 1. The second-order valence-electron chi connectivity index (χ2n) is 7.72. The van der Waals surface area contributed by atoms with Crippen LogP contribution >= 0.6 is 0 Å². The molecule has 5 nitrogen and oxygen atoms in total. The van der Waals surface area contributed by atoms with E-state index in [0.717, 1.165) is 44.5 Å². The molecule has 0 bridgehead atoms. The lowest BCUT2D eigenvalue weighted by Gasteiger charge is -2.20. The minimum atomic E-state index is -0.246. The molecule has 3 aliphatic rings. The lowest BCUT2D eigenvalue weighted by molar-refractivity contribution is 0.451. The fourth-order valence-corrected chi connectivity index (χ4v) is 3.98. The molecule has 25 heavy (non-hydrogen) atoms. The molecule has 0 aromatic carbocycles. The average Bonchev–Trinajstić information content (AvgIpc) is 3.52. The summed E-state index contributed by atoms with van der Waals surface area (Å²) in [6, 6.07) is 3.38. The molecule has 0 spiro atoms. The molecule has 3 fully saturated rings. The van der Waals surface area contributed by atoms with Crippen molar-refractivity contribution >= 4 is 11.8 Å². The van der Waals surface area contributed by atoms with Gasteiger partial charge in [-0.2, -0.15) is 0 Å². The molecular weight excluding hydrogens is 317 g/mol. The van der Waals surface area contributed by atoms with Crippen molar-refractivity contribution in [3.05, 3.63) is 24.1 Å². The Morgan fingerprint density at radius 1 is 1.40 bits per heavy atom. The smallest absolute Gasteiger partial charge is 0.191 e. The number of pyridine rings is 1. The largest absolute Gasteiger partial charge is 0.357 e. The van der Waals surface area contributed by atoms with Crippen LogP contribution in [0.1, 0.15) is 39.0 Å². The minimum absolute atomic E-state index is 0.246. The molecular formula is C19H28FN5. The first-order valence-electron chi connectivity index (χ1n) is 9.60. The summed E-state index contributed by atoms with van der Waals surface area (Å²) in [7, 11) is 0. The molecule has 6 heteroatoms. The van der Waals surface area contributed by atoms with Crippen molar-refractivity contribution in [3.63, 3.8) is 0 Å². The molecule has 4 rings (SSSR count). The third-order valence-corrected chi connectivity index (χ3v) is 5.80. The first kappa shape index (κ1) is 16.6. The second kappa shape index (κ2) is 6.81. The molecule has 1 aliphatic heterocycles. The van der Waals surface area contributed by atoms with Gasteiger partial charge in [-0.05, 0) is 62.5 Å². The molecule has 0 amide bonds. The van der Waals surface area contributed by atoms with Gasteiger partial charge in [-0.1, -0.05) is 0 Å². The summed E-state index contributed by atoms with van der Waals surface area (Å²) >= 11 is 0. The Balaban J connectivity index is 1.35. The summed E-state index contributed by atoms with van der Waals surface area (Å²) in [6.45, 7) is 5.46. The van der Waals surface area contributed by atoms with Crippen LogP contribution in [0.5, 0.6) is 0 Å². The van der Waals surface area contributed by atoms with Gasteiger partial charge >= 0.3 is 0 Å². The summed E-state index contributed by atoms with van der Waals surface area (Å²) < 4.78 is 13.9. The van der Waals surface area contributed by atoms with E-state index in [9.17, 15) is 4.39 Å². The Hall–Kier alpha value is -1.85. The quantitative estimate of drug-likeness (QED) is 0.615. The first-order chi connectivity index (χ1) is 12.2. The zero-order valence-electron chi connectivity index (χ0n) is 15.0. The Bertz CT molecular complexity index is 638. The maximum absolute atomic E-state index is 13.9. The van der Waals surface area contributed by atoms with Gasteiger partial charge in [0.25, 0.3) is 0 Å². The molecule has 1 aromatic heterocycles. The number of aliphatic imine (C=N–C) groups is 1. The molecule has 136 valence electrons. The Morgan fingerprint density at radius 3 is 2.92 bits per heavy atom. The molecule has 2 heterocycles. The highest BCUT2D eigenvalue weighted by Gasteiger charge is 2.53. The van der Waals surface area contributed by atoms with Crippen LogP contribution in [0.25, 0.3) is 0 Å². The van der Waals surface area contributed by atoms with E-state index in [1.807, 2.05) is 4.90 Å². The molecule has 1 unspecified atom stereocenters. The molecule has 0 radical (unpaired) electrons. The van der Waals surface area contributed by atoms with Crippen molar-refractivity contribution < 1.29 is 4.39 Å². The summed E-state index contributed by atoms with van der Waals surface area (Å²) in [5.41, 5.74) is 0.515. The van der Waals surface area contributed by atoms with E-state index in [1.165, 1.54) is 31.7 Å². The summed E-state index contributed by atoms with van der Waals surface area (Å²) in [6.07, 6.45) is 8.10. The van der Waals surface area contributed by atoms with Crippen molar-refractivity contribution in [2.45, 2.75) is 45.1 Å². The Kier molecular flexibility index (Phi) is 4.52. The Labute approximate surface area is 149 Å². The van der Waals surface area contributed by atoms with Gasteiger partial charge in [0, 0.05) is 38.4 Å². The highest BCUT2D eigenvalue weighted by molar-refractivity contribution is 5.80. The first-order valence-corrected chi connectivity index (χ1v) is 9.60. The van der Waals surface area contributed by atoms with Crippen molar-refractivity contribution in [3.8, 4) is 0 Å². The van der Waals surface area contributed by atoms with Gasteiger partial charge in [0.2, 0.25) is 0 Å². The van der Waals surface area contributed by atoms with E-state index >= 15 is 0 Å². The third kappa shape index (κ3) is 3.72. The zero-order valence-corrected chi connectivity index (χ0v) is 15.0. The monoisotopic (exact) mass is 345 g/mol. The Morgan fingerprint density at radius 2 is 2.24 bits per heavy atom. The number of hydrogen-bond donors (Lipinski definition) is 2. The van der Waals surface area contributed by atoms with Crippen LogP contribution in [0, 0.1) is 17.2 Å². The highest BCUT2D eigenvalue weighted by Crippen LogP contribution is 2.61. The third-order valence-electron chi connectivity index (χ3n) is 5.80. The number of nitrogens with one attached hydrogen (secondary N) is 2. The molecule has 2 saturated carbocycles. The number of anilines is 1. The topological polar surface area (TPSA) is 52.6 Å². The summed E-state index contributed by atoms with van der Waals surface area (Å²) in [4.78, 5) is 11.1. The highest BCUT2D eigenvalue weighted by atomic mass is 19.1. The van der Waals surface area contributed by atoms with Crippen LogP contribution in [0.4, 0.5) is 10.2 Å². The van der Waals surface area contributed by atoms with Gasteiger partial charge in [0.15, 0.2) is 17.6 Å². The number of rotatable bonds is 6. The SMILES string of the molecule is CCNC(=NCC1(C2CC2)CC1)NC1CCN(c2ncccc2F)C1. The van der Waals surface area contributed by atoms with Crippen LogP contribution in [-0.4, -0.2) is 43.2 Å². The maximum atomic E-state index is 13.9. The van der Waals surface area contributed by atoms with E-state index in [4.69, 9.17) is 4.99 Å². The molecule has 1 aromatic rings. The van der Waals surface area contributed by atoms with Gasteiger partial charge < -0.3 is 15.5 Å². The van der Waals surface area contributed by atoms with Crippen LogP contribution < -0.4 is 15.5 Å². The lowest BCUT2D eigenvalue weighted by Crippen LogP contribution is -2.45. The van der Waals surface area contributed by atoms with Crippen LogP contribution in [0.15, 0.2) is 23.3 Å². The van der Waals surface area contributed by atoms with Crippen LogP contribution in [0.3, 0.4) is 0 Å². The van der Waals surface area contributed by atoms with Crippen LogP contribution in [-0.2, 0) is 0 Å². The van der Waals surface area contributed by atoms with E-state index in [2.05, 4.69) is 22.5 Å². The predicted octanol–water partition coefficient (Wildman–Crippen LogP) is 2.54. The molecule has 2 N–H and O–H groups in total. The lowest BCUT2D eigenvalue weighted by atomic mass is 10.0. The van der Waals surface area contributed by atoms with Gasteiger partial charge in [0.1, 0.15) is 0 Å². The van der Waals surface area contributed by atoms with Gasteiger partial charge in [0.05, 0.1) is 0 Å². The molecule has 1 saturated heterocycles. The number of nitrogens with zero attached hydrogens (tertiary/aromatic N) is 3. The average molecular weight is 345 g/mol. The van der Waals surface area contributed by atoms with E-state index < -0.39 is 0 Å². The zero-order chi connectivity index (χ0) is 17.3. The molecule has 1 atom stereocenters. The number of hydrogen-bond acceptors (Lipinski definition) is 3. The van der Waals surface area contributed by atoms with Gasteiger partial charge in [-0.3, -0.25) is 4.99 Å². The number of guanidine groups is 1. The fourth-order valence-electron chi connectivity index (χ4n) is 3.98. The van der Waals surface area contributed by atoms with E-state index in [0.29, 0.717) is 11.2 Å². The molecule has 2 aliphatic carbocycles. The standard InChI is InChI=1S/C19H28FN5/c1-2-21-18(23-13-19(8-9-19)14-5-6-14)24-15-7-11-25(12-15)17-16(20)4-3-10-22-17/h3-4,10,14-15H,2,5-9,11-13H2,1H3,(H2,21,23,24). The predicted molar refractivity (Wildman–Crippen MR) is 98.3 cm³/mol. The number of halogens is 1. The van der Waals surface area contributed by atoms with Gasteiger partial charge in [-0.15, -0.1) is 0 Å². The van der Waals surface area contributed by atoms with Crippen molar-refractivity contribution in [1.82, 2.24) is 15.6 Å². The maximum Gasteiger partial charge on any atom is 0.191 e. The second-order valence-corrected chi connectivity index (χ2v) is 7.72. The van der Waals surface area contributed by atoms with Crippen molar-refractivity contribution in [2.24, 2.45) is 16.3 Å². The fraction of sp³-hybridized carbons (Fsp3) is 0.684. The van der Waals surface area contributed by atoms with E-state index in [1.54, 1.807) is 12.3 Å². The van der Waals surface area contributed by atoms with Crippen molar-refractivity contribution in [2.75, 3.05) is 31.1 Å². The summed E-state index contributed by atoms with van der Waals surface area (Å²) in [5.74, 6) is 2.04. The van der Waals surface area contributed by atoms with Gasteiger partial charge in [-0.25, -0.2) is 9.37 Å². The normalized spacial score (nSPS) is 25.1. The van der Waals surface area contributed by atoms with Crippen LogP contribution in [0.2, 0.25) is 0 Å². The van der Waals surface area contributed by atoms with Crippen molar-refractivity contribution in [1.29, 1.82) is 0 Å². The summed E-state index contributed by atoms with van der Waals surface area (Å²) in [5, 5.41) is 6.91.